The second-order valence-corrected chi connectivity index (χ2v) is 6.04. The lowest BCUT2D eigenvalue weighted by atomic mass is 10.1. The zero-order valence-corrected chi connectivity index (χ0v) is 11.5. The first-order valence-electron chi connectivity index (χ1n) is 6.07. The third-order valence-electron chi connectivity index (χ3n) is 3.05. The molecule has 0 aromatic carbocycles. The van der Waals surface area contributed by atoms with Gasteiger partial charge in [-0.2, -0.15) is 11.8 Å². The summed E-state index contributed by atoms with van der Waals surface area (Å²) in [5.41, 5.74) is 5.97. The molecule has 0 aliphatic carbocycles. The standard InChI is InChI=1S/C12H18N4OS/c1-8(2)9-7-16(5-6-18-9)12(17)10-11(13)15-4-3-14-10/h3-4,8-9H,5-7H2,1-2H3,(H2,13,15). The maximum atomic E-state index is 12.3. The zero-order chi connectivity index (χ0) is 13.1. The van der Waals surface area contributed by atoms with Crippen LogP contribution in [-0.2, 0) is 0 Å². The molecule has 1 unspecified atom stereocenters. The molecule has 2 rings (SSSR count). The van der Waals surface area contributed by atoms with Gasteiger partial charge in [-0.25, -0.2) is 9.97 Å². The normalized spacial score (nSPS) is 20.2. The Labute approximate surface area is 111 Å². The van der Waals surface area contributed by atoms with Gasteiger partial charge in [0, 0.05) is 36.5 Å². The third kappa shape index (κ3) is 2.75. The van der Waals surface area contributed by atoms with E-state index in [2.05, 4.69) is 23.8 Å². The van der Waals surface area contributed by atoms with Crippen molar-refractivity contribution in [2.24, 2.45) is 5.92 Å². The van der Waals surface area contributed by atoms with Crippen molar-refractivity contribution in [2.45, 2.75) is 19.1 Å². The van der Waals surface area contributed by atoms with E-state index in [0.29, 0.717) is 11.2 Å². The molecule has 1 aromatic heterocycles. The summed E-state index contributed by atoms with van der Waals surface area (Å²) in [5.74, 6) is 1.63. The highest BCUT2D eigenvalue weighted by atomic mass is 32.2. The Balaban J connectivity index is 2.12. The summed E-state index contributed by atoms with van der Waals surface area (Å²) < 4.78 is 0. The van der Waals surface area contributed by atoms with Gasteiger partial charge in [-0.15, -0.1) is 0 Å². The number of nitrogens with two attached hydrogens (primary N) is 1. The predicted octanol–water partition coefficient (Wildman–Crippen LogP) is 1.27. The molecule has 0 spiro atoms. The molecule has 1 atom stereocenters. The molecule has 1 aromatic rings. The van der Waals surface area contributed by atoms with E-state index in [1.54, 1.807) is 0 Å². The van der Waals surface area contributed by atoms with E-state index < -0.39 is 0 Å². The van der Waals surface area contributed by atoms with Crippen LogP contribution in [-0.4, -0.2) is 44.9 Å². The largest absolute Gasteiger partial charge is 0.382 e. The smallest absolute Gasteiger partial charge is 0.276 e. The molecule has 1 saturated heterocycles. The molecular formula is C12H18N4OS. The minimum absolute atomic E-state index is 0.105. The first-order chi connectivity index (χ1) is 8.59. The van der Waals surface area contributed by atoms with Crippen molar-refractivity contribution in [3.63, 3.8) is 0 Å². The molecule has 1 aliphatic heterocycles. The summed E-state index contributed by atoms with van der Waals surface area (Å²) in [5, 5.41) is 0.487. The van der Waals surface area contributed by atoms with E-state index in [1.165, 1.54) is 12.4 Å². The van der Waals surface area contributed by atoms with Crippen LogP contribution in [0.1, 0.15) is 24.3 Å². The van der Waals surface area contributed by atoms with E-state index in [0.717, 1.165) is 18.8 Å². The van der Waals surface area contributed by atoms with Gasteiger partial charge in [0.15, 0.2) is 11.5 Å². The number of thioether (sulfide) groups is 1. The van der Waals surface area contributed by atoms with Crippen LogP contribution in [0.3, 0.4) is 0 Å². The Hall–Kier alpha value is -1.30. The average Bonchev–Trinajstić information content (AvgIpc) is 2.38. The van der Waals surface area contributed by atoms with Crippen LogP contribution in [0.4, 0.5) is 5.82 Å². The Morgan fingerprint density at radius 2 is 2.22 bits per heavy atom. The molecule has 0 saturated carbocycles. The molecule has 1 amide bonds. The van der Waals surface area contributed by atoms with Crippen LogP contribution in [0.15, 0.2) is 12.4 Å². The number of nitrogens with zero attached hydrogens (tertiary/aromatic N) is 3. The number of anilines is 1. The van der Waals surface area contributed by atoms with Crippen LogP contribution >= 0.6 is 11.8 Å². The topological polar surface area (TPSA) is 72.1 Å². The fourth-order valence-electron chi connectivity index (χ4n) is 1.93. The molecule has 98 valence electrons. The van der Waals surface area contributed by atoms with Gasteiger partial charge in [-0.1, -0.05) is 13.8 Å². The zero-order valence-electron chi connectivity index (χ0n) is 10.7. The van der Waals surface area contributed by atoms with Gasteiger partial charge in [-0.3, -0.25) is 4.79 Å². The number of hydrogen-bond acceptors (Lipinski definition) is 5. The number of amides is 1. The van der Waals surface area contributed by atoms with Crippen molar-refractivity contribution in [1.29, 1.82) is 0 Å². The van der Waals surface area contributed by atoms with Gasteiger partial charge >= 0.3 is 0 Å². The first kappa shape index (κ1) is 13.1. The lowest BCUT2D eigenvalue weighted by Crippen LogP contribution is -2.44. The van der Waals surface area contributed by atoms with Crippen molar-refractivity contribution >= 4 is 23.5 Å². The second-order valence-electron chi connectivity index (χ2n) is 4.69. The van der Waals surface area contributed by atoms with E-state index in [1.807, 2.05) is 16.7 Å². The van der Waals surface area contributed by atoms with Crippen LogP contribution in [0.2, 0.25) is 0 Å². The number of carbonyl (C=O) groups excluding carboxylic acids is 1. The maximum absolute atomic E-state index is 12.3. The van der Waals surface area contributed by atoms with Crippen molar-refractivity contribution in [2.75, 3.05) is 24.6 Å². The number of hydrogen-bond donors (Lipinski definition) is 1. The highest BCUT2D eigenvalue weighted by Crippen LogP contribution is 2.25. The molecular weight excluding hydrogens is 248 g/mol. The molecule has 2 N–H and O–H groups in total. The van der Waals surface area contributed by atoms with Crippen LogP contribution in [0.25, 0.3) is 0 Å². The average molecular weight is 266 g/mol. The quantitative estimate of drug-likeness (QED) is 0.873. The van der Waals surface area contributed by atoms with Crippen molar-refractivity contribution in [1.82, 2.24) is 14.9 Å². The number of aromatic nitrogens is 2. The van der Waals surface area contributed by atoms with Gasteiger partial charge in [0.25, 0.3) is 5.91 Å². The van der Waals surface area contributed by atoms with Gasteiger partial charge < -0.3 is 10.6 Å². The summed E-state index contributed by atoms with van der Waals surface area (Å²) in [7, 11) is 0. The van der Waals surface area contributed by atoms with E-state index >= 15 is 0 Å². The lowest BCUT2D eigenvalue weighted by molar-refractivity contribution is 0.0751. The molecule has 1 fully saturated rings. The Morgan fingerprint density at radius 3 is 2.89 bits per heavy atom. The van der Waals surface area contributed by atoms with Crippen LogP contribution in [0.5, 0.6) is 0 Å². The fourth-order valence-corrected chi connectivity index (χ4v) is 3.23. The fraction of sp³-hybridized carbons (Fsp3) is 0.583. The minimum atomic E-state index is -0.105. The number of nitrogen functional groups attached to an aromatic ring is 1. The lowest BCUT2D eigenvalue weighted by Gasteiger charge is -2.34. The van der Waals surface area contributed by atoms with E-state index in [4.69, 9.17) is 5.73 Å². The van der Waals surface area contributed by atoms with Gasteiger partial charge in [0.1, 0.15) is 0 Å². The second kappa shape index (κ2) is 5.56. The summed E-state index contributed by atoms with van der Waals surface area (Å²) >= 11 is 1.93. The maximum Gasteiger partial charge on any atom is 0.276 e. The molecule has 1 aliphatic rings. The monoisotopic (exact) mass is 266 g/mol. The molecule has 0 bridgehead atoms. The number of carbonyl (C=O) groups is 1. The molecule has 5 nitrogen and oxygen atoms in total. The Morgan fingerprint density at radius 1 is 1.50 bits per heavy atom. The molecule has 2 heterocycles. The van der Waals surface area contributed by atoms with Crippen molar-refractivity contribution < 1.29 is 4.79 Å². The summed E-state index contributed by atoms with van der Waals surface area (Å²) in [6, 6.07) is 0. The van der Waals surface area contributed by atoms with Crippen LogP contribution < -0.4 is 5.73 Å². The molecule has 18 heavy (non-hydrogen) atoms. The Kier molecular flexibility index (Phi) is 4.06. The minimum Gasteiger partial charge on any atom is -0.382 e. The van der Waals surface area contributed by atoms with Crippen molar-refractivity contribution in [3.8, 4) is 0 Å². The van der Waals surface area contributed by atoms with Gasteiger partial charge in [0.05, 0.1) is 0 Å². The van der Waals surface area contributed by atoms with Gasteiger partial charge in [0.2, 0.25) is 0 Å². The van der Waals surface area contributed by atoms with E-state index in [9.17, 15) is 4.79 Å². The summed E-state index contributed by atoms with van der Waals surface area (Å²) in [6.07, 6.45) is 3.00. The first-order valence-corrected chi connectivity index (χ1v) is 7.12. The third-order valence-corrected chi connectivity index (χ3v) is 4.59. The number of rotatable bonds is 2. The summed E-state index contributed by atoms with van der Waals surface area (Å²) in [6.45, 7) is 5.88. The molecule has 6 heteroatoms. The highest BCUT2D eigenvalue weighted by molar-refractivity contribution is 8.00. The van der Waals surface area contributed by atoms with E-state index in [-0.39, 0.29) is 17.4 Å². The van der Waals surface area contributed by atoms with Crippen LogP contribution in [0, 0.1) is 5.92 Å². The van der Waals surface area contributed by atoms with Gasteiger partial charge in [-0.05, 0) is 5.92 Å². The predicted molar refractivity (Wildman–Crippen MR) is 73.4 cm³/mol. The Bertz CT molecular complexity index is 438. The highest BCUT2D eigenvalue weighted by Gasteiger charge is 2.28. The van der Waals surface area contributed by atoms with Crippen molar-refractivity contribution in [3.05, 3.63) is 18.1 Å². The summed E-state index contributed by atoms with van der Waals surface area (Å²) in [4.78, 5) is 22.1. The molecule has 0 radical (unpaired) electrons. The SMILES string of the molecule is CC(C)C1CN(C(=O)c2nccnc2N)CCS1.